The lowest BCUT2D eigenvalue weighted by molar-refractivity contribution is 0.313. The molecule has 7 heteroatoms. The number of anilines is 2. The number of aromatic nitrogens is 2. The van der Waals surface area contributed by atoms with Gasteiger partial charge in [0.25, 0.3) is 0 Å². The standard InChI is InChI=1S/C26H29N7/c1-29-9-13-31(14-10-29)19-7-8-20-24(17-19)33-23-6-4-3-5-22(23)28-26(33)21(18-27)25(20)32-15-11-30(2)12-16-32/h3-8,17H,9-16H2,1-2H3. The van der Waals surface area contributed by atoms with Gasteiger partial charge in [0.15, 0.2) is 5.65 Å². The Morgan fingerprint density at radius 2 is 1.45 bits per heavy atom. The van der Waals surface area contributed by atoms with Gasteiger partial charge in [0.05, 0.1) is 22.2 Å². The maximum atomic E-state index is 10.3. The van der Waals surface area contributed by atoms with E-state index in [2.05, 4.69) is 68.4 Å². The summed E-state index contributed by atoms with van der Waals surface area (Å²) in [5.41, 5.74) is 6.82. The highest BCUT2D eigenvalue weighted by Gasteiger charge is 2.25. The zero-order chi connectivity index (χ0) is 22.5. The molecule has 0 amide bonds. The van der Waals surface area contributed by atoms with Gasteiger partial charge >= 0.3 is 0 Å². The highest BCUT2D eigenvalue weighted by atomic mass is 15.3. The minimum atomic E-state index is 0.676. The first-order chi connectivity index (χ1) is 16.1. The molecule has 2 aromatic carbocycles. The molecule has 7 nitrogen and oxygen atoms in total. The molecule has 4 heterocycles. The molecule has 0 spiro atoms. The Morgan fingerprint density at radius 1 is 0.788 bits per heavy atom. The van der Waals surface area contributed by atoms with Crippen LogP contribution in [0.4, 0.5) is 11.4 Å². The van der Waals surface area contributed by atoms with Crippen LogP contribution in [-0.4, -0.2) is 85.6 Å². The summed E-state index contributed by atoms with van der Waals surface area (Å²) in [6, 6.07) is 17.5. The van der Waals surface area contributed by atoms with Crippen molar-refractivity contribution in [2.45, 2.75) is 0 Å². The van der Waals surface area contributed by atoms with Crippen molar-refractivity contribution in [3.8, 4) is 6.07 Å². The second-order valence-electron chi connectivity index (χ2n) is 9.38. The van der Waals surface area contributed by atoms with Gasteiger partial charge in [-0.1, -0.05) is 12.1 Å². The Bertz CT molecular complexity index is 1380. The molecule has 2 aliphatic heterocycles. The second kappa shape index (κ2) is 7.91. The summed E-state index contributed by atoms with van der Waals surface area (Å²) in [6.45, 7) is 8.01. The van der Waals surface area contributed by atoms with E-state index in [-0.39, 0.29) is 0 Å². The SMILES string of the molecule is CN1CCN(c2ccc3c(N4CCN(C)CC4)c(C#N)c4nc5ccccc5n4c3c2)CC1. The number of rotatable bonds is 2. The summed E-state index contributed by atoms with van der Waals surface area (Å²) in [4.78, 5) is 14.5. The summed E-state index contributed by atoms with van der Waals surface area (Å²) in [5, 5.41) is 11.4. The Balaban J connectivity index is 1.63. The molecule has 2 fully saturated rings. The average molecular weight is 440 g/mol. The summed E-state index contributed by atoms with van der Waals surface area (Å²) < 4.78 is 2.20. The Kier molecular flexibility index (Phi) is 4.86. The van der Waals surface area contributed by atoms with Gasteiger partial charge in [-0.15, -0.1) is 0 Å². The molecule has 0 bridgehead atoms. The molecule has 4 aromatic rings. The van der Waals surface area contributed by atoms with Gasteiger partial charge in [-0.3, -0.25) is 4.40 Å². The van der Waals surface area contributed by atoms with Crippen molar-refractivity contribution in [3.63, 3.8) is 0 Å². The van der Waals surface area contributed by atoms with Crippen LogP contribution in [0.5, 0.6) is 0 Å². The predicted molar refractivity (Wildman–Crippen MR) is 134 cm³/mol. The largest absolute Gasteiger partial charge is 0.369 e. The minimum absolute atomic E-state index is 0.676. The molecule has 33 heavy (non-hydrogen) atoms. The van der Waals surface area contributed by atoms with Crippen molar-refractivity contribution >= 4 is 39.0 Å². The van der Waals surface area contributed by atoms with Crippen molar-refractivity contribution < 1.29 is 0 Å². The quantitative estimate of drug-likeness (QED) is 0.479. The average Bonchev–Trinajstić information content (AvgIpc) is 3.24. The highest BCUT2D eigenvalue weighted by Crippen LogP contribution is 2.38. The number of pyridine rings is 1. The first-order valence-electron chi connectivity index (χ1n) is 11.8. The summed E-state index contributed by atoms with van der Waals surface area (Å²) in [5.74, 6) is 0. The Hall–Kier alpha value is -3.34. The van der Waals surface area contributed by atoms with E-state index in [4.69, 9.17) is 4.98 Å². The highest BCUT2D eigenvalue weighted by molar-refractivity contribution is 6.03. The van der Waals surface area contributed by atoms with Gasteiger partial charge < -0.3 is 19.6 Å². The molecule has 2 saturated heterocycles. The van der Waals surface area contributed by atoms with Crippen LogP contribution in [0.1, 0.15) is 5.56 Å². The maximum absolute atomic E-state index is 10.3. The zero-order valence-electron chi connectivity index (χ0n) is 19.3. The van der Waals surface area contributed by atoms with Crippen molar-refractivity contribution in [2.75, 3.05) is 76.3 Å². The molecule has 0 aliphatic carbocycles. The molecule has 0 N–H and O–H groups in total. The minimum Gasteiger partial charge on any atom is -0.369 e. The van der Waals surface area contributed by atoms with E-state index in [0.29, 0.717) is 5.56 Å². The monoisotopic (exact) mass is 439 g/mol. The third-order valence-corrected chi connectivity index (χ3v) is 7.30. The number of benzene rings is 2. The predicted octanol–water partition coefficient (Wildman–Crippen LogP) is 3.02. The number of hydrogen-bond acceptors (Lipinski definition) is 6. The number of likely N-dealkylation sites (N-methyl/N-ethyl adjacent to an activating group) is 2. The normalized spacial score (nSPS) is 18.5. The number of nitrogens with zero attached hydrogens (tertiary/aromatic N) is 7. The smallest absolute Gasteiger partial charge is 0.158 e. The van der Waals surface area contributed by atoms with E-state index in [1.807, 2.05) is 18.2 Å². The molecular formula is C26H29N7. The van der Waals surface area contributed by atoms with Gasteiger partial charge in [0.2, 0.25) is 0 Å². The zero-order valence-corrected chi connectivity index (χ0v) is 19.3. The molecule has 0 saturated carbocycles. The van der Waals surface area contributed by atoms with Crippen molar-refractivity contribution in [1.29, 1.82) is 5.26 Å². The van der Waals surface area contributed by atoms with Crippen molar-refractivity contribution in [3.05, 3.63) is 48.0 Å². The Labute approximate surface area is 194 Å². The van der Waals surface area contributed by atoms with E-state index >= 15 is 0 Å². The fourth-order valence-electron chi connectivity index (χ4n) is 5.31. The van der Waals surface area contributed by atoms with Crippen LogP contribution in [0.25, 0.3) is 27.6 Å². The number of imidazole rings is 1. The topological polar surface area (TPSA) is 54.0 Å². The summed E-state index contributed by atoms with van der Waals surface area (Å²) >= 11 is 0. The fraction of sp³-hybridized carbons (Fsp3) is 0.385. The number of para-hydroxylation sites is 2. The molecule has 2 aliphatic rings. The van der Waals surface area contributed by atoms with E-state index in [0.717, 1.165) is 85.6 Å². The van der Waals surface area contributed by atoms with E-state index in [9.17, 15) is 5.26 Å². The van der Waals surface area contributed by atoms with Crippen LogP contribution >= 0.6 is 0 Å². The first kappa shape index (κ1) is 20.3. The number of nitriles is 1. The molecule has 168 valence electrons. The molecular weight excluding hydrogens is 410 g/mol. The van der Waals surface area contributed by atoms with Crippen molar-refractivity contribution in [2.24, 2.45) is 0 Å². The molecule has 0 radical (unpaired) electrons. The molecule has 0 unspecified atom stereocenters. The summed E-state index contributed by atoms with van der Waals surface area (Å²) in [6.07, 6.45) is 0. The lowest BCUT2D eigenvalue weighted by atomic mass is 10.1. The molecule has 6 rings (SSSR count). The number of fused-ring (bicyclic) bond motifs is 5. The Morgan fingerprint density at radius 3 is 2.15 bits per heavy atom. The van der Waals surface area contributed by atoms with Crippen molar-refractivity contribution in [1.82, 2.24) is 19.2 Å². The maximum Gasteiger partial charge on any atom is 0.158 e. The van der Waals surface area contributed by atoms with E-state index in [1.165, 1.54) is 5.69 Å². The van der Waals surface area contributed by atoms with Crippen LogP contribution in [0.2, 0.25) is 0 Å². The lowest BCUT2D eigenvalue weighted by Crippen LogP contribution is -2.45. The third-order valence-electron chi connectivity index (χ3n) is 7.30. The second-order valence-corrected chi connectivity index (χ2v) is 9.38. The first-order valence-corrected chi connectivity index (χ1v) is 11.8. The number of piperazine rings is 2. The van der Waals surface area contributed by atoms with Gasteiger partial charge in [-0.25, -0.2) is 4.98 Å². The lowest BCUT2D eigenvalue weighted by Gasteiger charge is -2.36. The van der Waals surface area contributed by atoms with Crippen LogP contribution in [0, 0.1) is 11.3 Å². The van der Waals surface area contributed by atoms with Crippen LogP contribution in [0.3, 0.4) is 0 Å². The third kappa shape index (κ3) is 3.29. The van der Waals surface area contributed by atoms with Crippen LogP contribution in [0.15, 0.2) is 42.5 Å². The summed E-state index contributed by atoms with van der Waals surface area (Å²) in [7, 11) is 4.35. The number of hydrogen-bond donors (Lipinski definition) is 0. The molecule has 2 aromatic heterocycles. The van der Waals surface area contributed by atoms with Gasteiger partial charge in [0.1, 0.15) is 11.6 Å². The van der Waals surface area contributed by atoms with Crippen LogP contribution < -0.4 is 9.80 Å². The van der Waals surface area contributed by atoms with Crippen LogP contribution in [-0.2, 0) is 0 Å². The van der Waals surface area contributed by atoms with Gasteiger partial charge in [-0.2, -0.15) is 5.26 Å². The van der Waals surface area contributed by atoms with E-state index in [1.54, 1.807) is 0 Å². The van der Waals surface area contributed by atoms with Gasteiger partial charge in [-0.05, 0) is 44.4 Å². The molecule has 0 atom stereocenters. The van der Waals surface area contributed by atoms with Gasteiger partial charge in [0, 0.05) is 63.4 Å². The van der Waals surface area contributed by atoms with E-state index < -0.39 is 0 Å². The fourth-order valence-corrected chi connectivity index (χ4v) is 5.31.